The van der Waals surface area contributed by atoms with Crippen molar-refractivity contribution in [3.63, 3.8) is 0 Å². The number of carbonyl (C=O) groups excluding carboxylic acids is 2. The van der Waals surface area contributed by atoms with Crippen molar-refractivity contribution >= 4 is 24.0 Å². The molecule has 1 fully saturated rings. The van der Waals surface area contributed by atoms with Crippen molar-refractivity contribution in [1.82, 2.24) is 15.2 Å². The SMILES string of the molecule is N#C[C@@H]1CC(F)(F)CN1C(=O)CNC(=O)c1ccncc1/C=C/c1ccc(F)cc1. The number of hydrogen-bond donors (Lipinski definition) is 1. The van der Waals surface area contributed by atoms with Gasteiger partial charge in [-0.05, 0) is 23.8 Å². The number of likely N-dealkylation sites (tertiary alicyclic amines) is 1. The van der Waals surface area contributed by atoms with Crippen LogP contribution >= 0.6 is 0 Å². The van der Waals surface area contributed by atoms with Crippen LogP contribution in [0.2, 0.25) is 0 Å². The summed E-state index contributed by atoms with van der Waals surface area (Å²) in [5.74, 6) is -4.84. The maximum absolute atomic E-state index is 13.5. The zero-order valence-corrected chi connectivity index (χ0v) is 15.7. The van der Waals surface area contributed by atoms with Gasteiger partial charge in [0.2, 0.25) is 5.91 Å². The van der Waals surface area contributed by atoms with Gasteiger partial charge in [-0.1, -0.05) is 24.3 Å². The summed E-state index contributed by atoms with van der Waals surface area (Å²) in [6.45, 7) is -1.36. The Hall–Kier alpha value is -3.67. The predicted octanol–water partition coefficient (Wildman–Crippen LogP) is 2.88. The van der Waals surface area contributed by atoms with E-state index in [4.69, 9.17) is 5.26 Å². The number of nitrogens with one attached hydrogen (secondary N) is 1. The van der Waals surface area contributed by atoms with Gasteiger partial charge in [-0.25, -0.2) is 13.2 Å². The van der Waals surface area contributed by atoms with Crippen molar-refractivity contribution in [2.24, 2.45) is 0 Å². The predicted molar refractivity (Wildman–Crippen MR) is 103 cm³/mol. The fourth-order valence-corrected chi connectivity index (χ4v) is 3.05. The van der Waals surface area contributed by atoms with E-state index in [9.17, 15) is 22.8 Å². The third kappa shape index (κ3) is 5.03. The molecule has 0 bridgehead atoms. The Bertz CT molecular complexity index is 1020. The van der Waals surface area contributed by atoms with Crippen LogP contribution in [0.5, 0.6) is 0 Å². The molecule has 1 aromatic heterocycles. The third-order valence-corrected chi connectivity index (χ3v) is 4.56. The first-order valence-electron chi connectivity index (χ1n) is 9.02. The Morgan fingerprint density at radius 2 is 2.00 bits per heavy atom. The number of carbonyl (C=O) groups is 2. The van der Waals surface area contributed by atoms with Crippen LogP contribution < -0.4 is 5.32 Å². The molecule has 2 heterocycles. The van der Waals surface area contributed by atoms with Gasteiger partial charge in [0.05, 0.1) is 19.2 Å². The molecule has 0 saturated carbocycles. The van der Waals surface area contributed by atoms with Gasteiger partial charge in [0, 0.05) is 29.9 Å². The Morgan fingerprint density at radius 3 is 2.70 bits per heavy atom. The van der Waals surface area contributed by atoms with Gasteiger partial charge < -0.3 is 10.2 Å². The van der Waals surface area contributed by atoms with E-state index >= 15 is 0 Å². The molecule has 0 unspecified atom stereocenters. The topological polar surface area (TPSA) is 86.1 Å². The van der Waals surface area contributed by atoms with Gasteiger partial charge >= 0.3 is 0 Å². The maximum atomic E-state index is 13.5. The second-order valence-corrected chi connectivity index (χ2v) is 6.76. The average molecular weight is 414 g/mol. The van der Waals surface area contributed by atoms with Crippen molar-refractivity contribution in [2.75, 3.05) is 13.1 Å². The molecule has 0 radical (unpaired) electrons. The summed E-state index contributed by atoms with van der Waals surface area (Å²) in [5.41, 5.74) is 1.38. The van der Waals surface area contributed by atoms with Crippen LogP contribution in [0.4, 0.5) is 13.2 Å². The molecule has 1 aromatic carbocycles. The number of halogens is 3. The highest BCUT2D eigenvalue weighted by Gasteiger charge is 2.47. The normalized spacial score (nSPS) is 17.7. The molecular weight excluding hydrogens is 397 g/mol. The Morgan fingerprint density at radius 1 is 1.27 bits per heavy atom. The molecule has 6 nitrogen and oxygen atoms in total. The molecule has 1 N–H and O–H groups in total. The van der Waals surface area contributed by atoms with Gasteiger partial charge in [-0.2, -0.15) is 5.26 Å². The van der Waals surface area contributed by atoms with Crippen molar-refractivity contribution in [3.8, 4) is 6.07 Å². The molecule has 1 atom stereocenters. The summed E-state index contributed by atoms with van der Waals surface area (Å²) in [7, 11) is 0. The summed E-state index contributed by atoms with van der Waals surface area (Å²) < 4.78 is 40.0. The molecule has 30 heavy (non-hydrogen) atoms. The minimum absolute atomic E-state index is 0.222. The van der Waals surface area contributed by atoms with Gasteiger partial charge in [0.1, 0.15) is 11.9 Å². The largest absolute Gasteiger partial charge is 0.343 e. The van der Waals surface area contributed by atoms with E-state index < -0.39 is 43.3 Å². The van der Waals surface area contributed by atoms with Crippen LogP contribution in [-0.4, -0.2) is 46.8 Å². The van der Waals surface area contributed by atoms with Crippen LogP contribution in [0, 0.1) is 17.1 Å². The lowest BCUT2D eigenvalue weighted by Gasteiger charge is -2.19. The van der Waals surface area contributed by atoms with Crippen molar-refractivity contribution in [1.29, 1.82) is 5.26 Å². The standard InChI is InChI=1S/C21H17F3N4O2/c22-16-5-2-14(3-6-16)1-4-15-11-26-8-7-18(15)20(30)27-12-19(29)28-13-21(23,24)9-17(28)10-25/h1-8,11,17H,9,12-13H2,(H,27,30)/b4-1+/t17-/m0/s1. The number of amides is 2. The number of nitriles is 1. The van der Waals surface area contributed by atoms with E-state index in [0.717, 1.165) is 4.90 Å². The van der Waals surface area contributed by atoms with Crippen LogP contribution in [0.1, 0.15) is 27.9 Å². The summed E-state index contributed by atoms with van der Waals surface area (Å²) >= 11 is 0. The average Bonchev–Trinajstić information content (AvgIpc) is 3.06. The molecule has 1 saturated heterocycles. The molecule has 2 aromatic rings. The third-order valence-electron chi connectivity index (χ3n) is 4.56. The van der Waals surface area contributed by atoms with Crippen LogP contribution in [0.3, 0.4) is 0 Å². The van der Waals surface area contributed by atoms with Gasteiger partial charge in [0.25, 0.3) is 11.8 Å². The number of aromatic nitrogens is 1. The van der Waals surface area contributed by atoms with E-state index in [1.807, 2.05) is 0 Å². The molecule has 0 spiro atoms. The Kier molecular flexibility index (Phi) is 6.16. The van der Waals surface area contributed by atoms with E-state index in [-0.39, 0.29) is 11.4 Å². The molecule has 3 rings (SSSR count). The molecule has 0 aliphatic carbocycles. The molecule has 1 aliphatic rings. The number of alkyl halides is 2. The van der Waals surface area contributed by atoms with Crippen molar-refractivity contribution in [3.05, 3.63) is 65.2 Å². The zero-order chi connectivity index (χ0) is 21.7. The molecule has 1 aliphatic heterocycles. The number of pyridine rings is 1. The summed E-state index contributed by atoms with van der Waals surface area (Å²) in [5, 5.41) is 11.4. The van der Waals surface area contributed by atoms with Gasteiger partial charge in [-0.15, -0.1) is 0 Å². The van der Waals surface area contributed by atoms with E-state index in [2.05, 4.69) is 10.3 Å². The lowest BCUT2D eigenvalue weighted by Crippen LogP contribution is -2.43. The minimum atomic E-state index is -3.12. The van der Waals surface area contributed by atoms with Gasteiger partial charge in [0.15, 0.2) is 0 Å². The lowest BCUT2D eigenvalue weighted by molar-refractivity contribution is -0.131. The van der Waals surface area contributed by atoms with E-state index in [0.29, 0.717) is 11.1 Å². The molecule has 2 amide bonds. The highest BCUT2D eigenvalue weighted by atomic mass is 19.3. The number of rotatable bonds is 5. The molecular formula is C21H17F3N4O2. The highest BCUT2D eigenvalue weighted by Crippen LogP contribution is 2.31. The summed E-state index contributed by atoms with van der Waals surface area (Å²) in [4.78, 5) is 29.5. The number of hydrogen-bond acceptors (Lipinski definition) is 4. The minimum Gasteiger partial charge on any atom is -0.343 e. The van der Waals surface area contributed by atoms with Crippen LogP contribution in [0.15, 0.2) is 42.7 Å². The van der Waals surface area contributed by atoms with Crippen molar-refractivity contribution in [2.45, 2.75) is 18.4 Å². The smallest absolute Gasteiger partial charge is 0.268 e. The fourth-order valence-electron chi connectivity index (χ4n) is 3.05. The second-order valence-electron chi connectivity index (χ2n) is 6.76. The Labute approximate surface area is 170 Å². The fraction of sp³-hybridized carbons (Fsp3) is 0.238. The molecule has 9 heteroatoms. The highest BCUT2D eigenvalue weighted by molar-refractivity contribution is 6.00. The van der Waals surface area contributed by atoms with Crippen LogP contribution in [0.25, 0.3) is 12.2 Å². The number of nitrogens with zero attached hydrogens (tertiary/aromatic N) is 3. The van der Waals surface area contributed by atoms with Crippen molar-refractivity contribution < 1.29 is 22.8 Å². The quantitative estimate of drug-likeness (QED) is 0.815. The maximum Gasteiger partial charge on any atom is 0.268 e. The lowest BCUT2D eigenvalue weighted by atomic mass is 10.1. The number of benzene rings is 1. The first-order valence-corrected chi connectivity index (χ1v) is 9.02. The van der Waals surface area contributed by atoms with E-state index in [1.165, 1.54) is 30.6 Å². The Balaban J connectivity index is 1.67. The molecule has 154 valence electrons. The monoisotopic (exact) mass is 414 g/mol. The zero-order valence-electron chi connectivity index (χ0n) is 15.7. The summed E-state index contributed by atoms with van der Waals surface area (Å²) in [6.07, 6.45) is 5.42. The van der Waals surface area contributed by atoms with Crippen LogP contribution in [-0.2, 0) is 4.79 Å². The van der Waals surface area contributed by atoms with Gasteiger partial charge in [-0.3, -0.25) is 14.6 Å². The first-order chi connectivity index (χ1) is 14.3. The second kappa shape index (κ2) is 8.78. The first kappa shape index (κ1) is 21.0. The van der Waals surface area contributed by atoms with E-state index in [1.54, 1.807) is 30.4 Å². The summed E-state index contributed by atoms with van der Waals surface area (Å²) in [6, 6.07) is 7.66.